The molecule has 1 aromatic rings. The first-order valence-corrected chi connectivity index (χ1v) is 5.62. The van der Waals surface area contributed by atoms with E-state index in [2.05, 4.69) is 14.8 Å². The average Bonchev–Trinajstić information content (AvgIpc) is 2.44. The van der Waals surface area contributed by atoms with E-state index in [9.17, 15) is 14.4 Å². The number of hydrogen-bond acceptors (Lipinski definition) is 5. The van der Waals surface area contributed by atoms with Crippen molar-refractivity contribution in [1.82, 2.24) is 0 Å². The van der Waals surface area contributed by atoms with E-state index in [0.29, 0.717) is 11.3 Å². The van der Waals surface area contributed by atoms with Gasteiger partial charge in [0.25, 0.3) is 0 Å². The first-order chi connectivity index (χ1) is 9.06. The van der Waals surface area contributed by atoms with Gasteiger partial charge in [-0.2, -0.15) is 0 Å². The van der Waals surface area contributed by atoms with Gasteiger partial charge in [-0.25, -0.2) is 4.79 Å². The predicted molar refractivity (Wildman–Crippen MR) is 67.7 cm³/mol. The molecule has 6 nitrogen and oxygen atoms in total. The molecule has 0 aliphatic heterocycles. The van der Waals surface area contributed by atoms with Gasteiger partial charge in [-0.1, -0.05) is 6.07 Å². The first-order valence-electron chi connectivity index (χ1n) is 5.62. The lowest BCUT2D eigenvalue weighted by atomic mass is 10.2. The van der Waals surface area contributed by atoms with Gasteiger partial charge in [-0.15, -0.1) is 0 Å². The number of hydrogen-bond donors (Lipinski definition) is 1. The summed E-state index contributed by atoms with van der Waals surface area (Å²) in [6, 6.07) is 6.35. The second kappa shape index (κ2) is 7.15. The highest BCUT2D eigenvalue weighted by Gasteiger charge is 2.09. The third kappa shape index (κ3) is 4.79. The van der Waals surface area contributed by atoms with Crippen LogP contribution in [0.3, 0.4) is 0 Å². The van der Waals surface area contributed by atoms with E-state index in [1.54, 1.807) is 18.2 Å². The Balaban J connectivity index is 2.59. The summed E-state index contributed by atoms with van der Waals surface area (Å²) >= 11 is 0. The van der Waals surface area contributed by atoms with Crippen molar-refractivity contribution in [2.45, 2.75) is 12.8 Å². The molecular formula is C13H15NO5. The number of ether oxygens (including phenoxy) is 2. The molecule has 0 aliphatic rings. The number of methoxy groups -OCH3 is 2. The largest absolute Gasteiger partial charge is 0.469 e. The molecule has 0 fully saturated rings. The fourth-order valence-corrected chi connectivity index (χ4v) is 1.38. The summed E-state index contributed by atoms with van der Waals surface area (Å²) in [7, 11) is 2.55. The SMILES string of the molecule is COC(=O)CCC(=O)Nc1cccc(C(=O)OC)c1. The molecule has 0 atom stereocenters. The van der Waals surface area contributed by atoms with Crippen molar-refractivity contribution >= 4 is 23.5 Å². The lowest BCUT2D eigenvalue weighted by Gasteiger charge is -2.06. The van der Waals surface area contributed by atoms with E-state index in [1.165, 1.54) is 20.3 Å². The molecule has 19 heavy (non-hydrogen) atoms. The molecule has 0 spiro atoms. The number of amides is 1. The minimum atomic E-state index is -0.481. The Hall–Kier alpha value is -2.37. The number of esters is 2. The minimum Gasteiger partial charge on any atom is -0.469 e. The summed E-state index contributed by atoms with van der Waals surface area (Å²) in [5.74, 6) is -1.25. The number of benzene rings is 1. The van der Waals surface area contributed by atoms with Crippen molar-refractivity contribution in [3.63, 3.8) is 0 Å². The summed E-state index contributed by atoms with van der Waals surface area (Å²) in [6.07, 6.45) is 0.0359. The third-order valence-corrected chi connectivity index (χ3v) is 2.35. The van der Waals surface area contributed by atoms with Gasteiger partial charge in [0.15, 0.2) is 0 Å². The number of anilines is 1. The highest BCUT2D eigenvalue weighted by Crippen LogP contribution is 2.12. The lowest BCUT2D eigenvalue weighted by molar-refractivity contribution is -0.141. The zero-order valence-electron chi connectivity index (χ0n) is 10.8. The predicted octanol–water partition coefficient (Wildman–Crippen LogP) is 1.36. The summed E-state index contributed by atoms with van der Waals surface area (Å²) in [6.45, 7) is 0. The van der Waals surface area contributed by atoms with Crippen LogP contribution in [0, 0.1) is 0 Å². The van der Waals surface area contributed by atoms with E-state index in [4.69, 9.17) is 0 Å². The van der Waals surface area contributed by atoms with Crippen LogP contribution >= 0.6 is 0 Å². The van der Waals surface area contributed by atoms with Crippen LogP contribution in [-0.2, 0) is 19.1 Å². The number of nitrogens with one attached hydrogen (secondary N) is 1. The Labute approximate surface area is 110 Å². The maximum absolute atomic E-state index is 11.5. The van der Waals surface area contributed by atoms with Crippen LogP contribution in [0.2, 0.25) is 0 Å². The zero-order chi connectivity index (χ0) is 14.3. The summed E-state index contributed by atoms with van der Waals surface area (Å²) in [5.41, 5.74) is 0.811. The van der Waals surface area contributed by atoms with Gasteiger partial charge in [0, 0.05) is 12.1 Å². The monoisotopic (exact) mass is 265 g/mol. The summed E-state index contributed by atoms with van der Waals surface area (Å²) in [4.78, 5) is 33.7. The standard InChI is InChI=1S/C13H15NO5/c1-18-12(16)7-6-11(15)14-10-5-3-4-9(8-10)13(17)19-2/h3-5,8H,6-7H2,1-2H3,(H,14,15). The molecule has 102 valence electrons. The maximum atomic E-state index is 11.5. The molecule has 0 saturated heterocycles. The molecular weight excluding hydrogens is 250 g/mol. The Morgan fingerprint density at radius 3 is 2.47 bits per heavy atom. The van der Waals surface area contributed by atoms with E-state index < -0.39 is 11.9 Å². The molecule has 0 heterocycles. The highest BCUT2D eigenvalue weighted by molar-refractivity contribution is 5.95. The maximum Gasteiger partial charge on any atom is 0.337 e. The van der Waals surface area contributed by atoms with Crippen molar-refractivity contribution in [3.8, 4) is 0 Å². The second-order valence-electron chi connectivity index (χ2n) is 3.70. The van der Waals surface area contributed by atoms with Crippen LogP contribution in [-0.4, -0.2) is 32.1 Å². The summed E-state index contributed by atoms with van der Waals surface area (Å²) in [5, 5.41) is 2.59. The van der Waals surface area contributed by atoms with Crippen LogP contribution in [0.5, 0.6) is 0 Å². The number of carbonyl (C=O) groups excluding carboxylic acids is 3. The van der Waals surface area contributed by atoms with Gasteiger partial charge in [0.2, 0.25) is 5.91 Å². The van der Waals surface area contributed by atoms with Crippen molar-refractivity contribution < 1.29 is 23.9 Å². The quantitative estimate of drug-likeness (QED) is 0.813. The molecule has 0 unspecified atom stereocenters. The van der Waals surface area contributed by atoms with Crippen LogP contribution in [0.4, 0.5) is 5.69 Å². The van der Waals surface area contributed by atoms with Crippen molar-refractivity contribution in [3.05, 3.63) is 29.8 Å². The third-order valence-electron chi connectivity index (χ3n) is 2.35. The fourth-order valence-electron chi connectivity index (χ4n) is 1.38. The minimum absolute atomic E-state index is 0.0129. The molecule has 6 heteroatoms. The van der Waals surface area contributed by atoms with E-state index in [-0.39, 0.29) is 18.7 Å². The molecule has 1 amide bonds. The number of carbonyl (C=O) groups is 3. The molecule has 1 aromatic carbocycles. The van der Waals surface area contributed by atoms with Crippen LogP contribution in [0.25, 0.3) is 0 Å². The Morgan fingerprint density at radius 1 is 1.11 bits per heavy atom. The Morgan fingerprint density at radius 2 is 1.84 bits per heavy atom. The van der Waals surface area contributed by atoms with Gasteiger partial charge >= 0.3 is 11.9 Å². The molecule has 0 saturated carbocycles. The smallest absolute Gasteiger partial charge is 0.337 e. The average molecular weight is 265 g/mol. The Bertz CT molecular complexity index is 484. The topological polar surface area (TPSA) is 81.7 Å². The van der Waals surface area contributed by atoms with Crippen molar-refractivity contribution in [2.75, 3.05) is 19.5 Å². The molecule has 1 N–H and O–H groups in total. The lowest BCUT2D eigenvalue weighted by Crippen LogP contribution is -2.14. The molecule has 1 rings (SSSR count). The molecule has 0 aliphatic carbocycles. The van der Waals surface area contributed by atoms with Crippen LogP contribution in [0.1, 0.15) is 23.2 Å². The van der Waals surface area contributed by atoms with Crippen LogP contribution < -0.4 is 5.32 Å². The molecule has 0 aromatic heterocycles. The van der Waals surface area contributed by atoms with Gasteiger partial charge < -0.3 is 14.8 Å². The first kappa shape index (κ1) is 14.7. The Kier molecular flexibility index (Phi) is 5.53. The van der Waals surface area contributed by atoms with Crippen molar-refractivity contribution in [1.29, 1.82) is 0 Å². The van der Waals surface area contributed by atoms with E-state index in [1.807, 2.05) is 0 Å². The van der Waals surface area contributed by atoms with Gasteiger partial charge in [0.05, 0.1) is 26.2 Å². The molecule has 0 radical (unpaired) electrons. The normalized spacial score (nSPS) is 9.58. The zero-order valence-corrected chi connectivity index (χ0v) is 10.8. The van der Waals surface area contributed by atoms with Crippen LogP contribution in [0.15, 0.2) is 24.3 Å². The molecule has 0 bridgehead atoms. The van der Waals surface area contributed by atoms with Gasteiger partial charge in [-0.3, -0.25) is 9.59 Å². The van der Waals surface area contributed by atoms with E-state index in [0.717, 1.165) is 0 Å². The number of rotatable bonds is 5. The fraction of sp³-hybridized carbons (Fsp3) is 0.308. The van der Waals surface area contributed by atoms with Crippen molar-refractivity contribution in [2.24, 2.45) is 0 Å². The summed E-state index contributed by atoms with van der Waals surface area (Å²) < 4.78 is 9.01. The van der Waals surface area contributed by atoms with E-state index >= 15 is 0 Å². The van der Waals surface area contributed by atoms with Gasteiger partial charge in [0.1, 0.15) is 0 Å². The second-order valence-corrected chi connectivity index (χ2v) is 3.70. The van der Waals surface area contributed by atoms with Gasteiger partial charge in [-0.05, 0) is 18.2 Å². The highest BCUT2D eigenvalue weighted by atomic mass is 16.5.